The smallest absolute Gasteiger partial charge is 0.195 e. The molecule has 0 aromatic rings. The van der Waals surface area contributed by atoms with E-state index < -0.39 is 43.4 Å². The summed E-state index contributed by atoms with van der Waals surface area (Å²) in [5.74, 6) is 3.37. The first-order valence-electron chi connectivity index (χ1n) is 4.14. The van der Waals surface area contributed by atoms with E-state index in [4.69, 9.17) is 25.5 Å². The molecule has 8 heteroatoms. The maximum absolute atomic E-state index is 11.1. The second-order valence-electron chi connectivity index (χ2n) is 2.94. The van der Waals surface area contributed by atoms with Gasteiger partial charge in [0, 0.05) is 0 Å². The molecular formula is C7H15NO7. The molecule has 0 aliphatic rings. The highest BCUT2D eigenvalue weighted by Crippen LogP contribution is 2.03. The number of Topliss-reactive ketones (excluding diaryl/α,β-unsaturated/α-hetero) is 1. The van der Waals surface area contributed by atoms with Gasteiger partial charge >= 0.3 is 0 Å². The third kappa shape index (κ3) is 4.18. The Bertz CT molecular complexity index is 200. The lowest BCUT2D eigenvalue weighted by molar-refractivity contribution is -0.151. The van der Waals surface area contributed by atoms with E-state index in [0.717, 1.165) is 0 Å². The Morgan fingerprint density at radius 2 is 1.60 bits per heavy atom. The zero-order valence-electron chi connectivity index (χ0n) is 7.85. The number of carbonyl (C=O) groups is 1. The number of carbonyl (C=O) groups excluding carboxylic acids is 1. The van der Waals surface area contributed by atoms with Crippen molar-refractivity contribution in [2.24, 2.45) is 5.90 Å². The van der Waals surface area contributed by atoms with E-state index >= 15 is 0 Å². The van der Waals surface area contributed by atoms with Gasteiger partial charge in [0.15, 0.2) is 5.78 Å². The van der Waals surface area contributed by atoms with Crippen molar-refractivity contribution in [3.05, 3.63) is 0 Å². The molecule has 0 fully saturated rings. The molecule has 0 aromatic carbocycles. The van der Waals surface area contributed by atoms with E-state index in [-0.39, 0.29) is 0 Å². The van der Waals surface area contributed by atoms with Crippen molar-refractivity contribution >= 4 is 5.78 Å². The summed E-state index contributed by atoms with van der Waals surface area (Å²) >= 11 is 0. The van der Waals surface area contributed by atoms with Crippen LogP contribution in [0.25, 0.3) is 0 Å². The minimum Gasteiger partial charge on any atom is -0.394 e. The summed E-state index contributed by atoms with van der Waals surface area (Å²) in [6, 6.07) is 0. The number of aliphatic hydroxyl groups excluding tert-OH is 5. The molecule has 0 aliphatic carbocycles. The molecule has 7 N–H and O–H groups in total. The number of aliphatic hydroxyl groups is 5. The van der Waals surface area contributed by atoms with Crippen LogP contribution in [0.2, 0.25) is 0 Å². The van der Waals surface area contributed by atoms with Gasteiger partial charge in [0.2, 0.25) is 0 Å². The molecule has 0 aliphatic heterocycles. The van der Waals surface area contributed by atoms with Gasteiger partial charge in [-0.15, -0.1) is 0 Å². The lowest BCUT2D eigenvalue weighted by atomic mass is 10.0. The predicted octanol–water partition coefficient (Wildman–Crippen LogP) is -4.12. The summed E-state index contributed by atoms with van der Waals surface area (Å²) in [7, 11) is 0. The average molecular weight is 225 g/mol. The van der Waals surface area contributed by atoms with Crippen molar-refractivity contribution < 1.29 is 35.2 Å². The first-order valence-corrected chi connectivity index (χ1v) is 4.14. The van der Waals surface area contributed by atoms with Crippen LogP contribution in [0.4, 0.5) is 0 Å². The van der Waals surface area contributed by atoms with Crippen LogP contribution >= 0.6 is 0 Å². The quantitative estimate of drug-likeness (QED) is 0.239. The van der Waals surface area contributed by atoms with E-state index in [9.17, 15) is 4.79 Å². The van der Waals surface area contributed by atoms with E-state index in [0.29, 0.717) is 0 Å². The molecule has 0 amide bonds. The Kier molecular flexibility index (Phi) is 6.52. The molecule has 0 spiro atoms. The van der Waals surface area contributed by atoms with E-state index in [2.05, 4.69) is 10.7 Å². The van der Waals surface area contributed by atoms with Crippen molar-refractivity contribution in [1.29, 1.82) is 0 Å². The zero-order chi connectivity index (χ0) is 12.0. The van der Waals surface area contributed by atoms with Gasteiger partial charge in [-0.2, -0.15) is 0 Å². The van der Waals surface area contributed by atoms with Crippen LogP contribution in [0, 0.1) is 0 Å². The van der Waals surface area contributed by atoms with Crippen LogP contribution in [0.15, 0.2) is 0 Å². The Morgan fingerprint density at radius 3 is 2.00 bits per heavy atom. The van der Waals surface area contributed by atoms with Crippen LogP contribution in [0.5, 0.6) is 0 Å². The number of rotatable bonds is 7. The predicted molar refractivity (Wildman–Crippen MR) is 46.3 cm³/mol. The van der Waals surface area contributed by atoms with Crippen LogP contribution < -0.4 is 5.90 Å². The molecule has 0 aromatic heterocycles. The molecule has 4 atom stereocenters. The Morgan fingerprint density at radius 1 is 1.13 bits per heavy atom. The molecule has 0 bridgehead atoms. The van der Waals surface area contributed by atoms with Crippen molar-refractivity contribution in [3.63, 3.8) is 0 Å². The van der Waals surface area contributed by atoms with Gasteiger partial charge in [-0.1, -0.05) is 0 Å². The summed E-state index contributed by atoms with van der Waals surface area (Å²) in [5.41, 5.74) is 0. The molecule has 90 valence electrons. The SMILES string of the molecule is NOCC(O)[C@H](O)C(=O)[C@@H](O)[C@H](O)CO. The molecule has 0 saturated heterocycles. The molecule has 15 heavy (non-hydrogen) atoms. The number of ketones is 1. The fourth-order valence-corrected chi connectivity index (χ4v) is 0.844. The van der Waals surface area contributed by atoms with E-state index in [1.165, 1.54) is 0 Å². The molecule has 0 saturated carbocycles. The van der Waals surface area contributed by atoms with E-state index in [1.807, 2.05) is 0 Å². The molecule has 0 heterocycles. The lowest BCUT2D eigenvalue weighted by Crippen LogP contribution is -2.47. The first kappa shape index (κ1) is 14.4. The van der Waals surface area contributed by atoms with Gasteiger partial charge in [0.1, 0.15) is 24.4 Å². The largest absolute Gasteiger partial charge is 0.394 e. The highest BCUT2D eigenvalue weighted by molar-refractivity contribution is 5.88. The number of hydrogen-bond donors (Lipinski definition) is 6. The minimum atomic E-state index is -1.97. The molecule has 0 radical (unpaired) electrons. The van der Waals surface area contributed by atoms with Gasteiger partial charge in [-0.25, -0.2) is 5.90 Å². The topological polar surface area (TPSA) is 153 Å². The third-order valence-corrected chi connectivity index (χ3v) is 1.77. The van der Waals surface area contributed by atoms with Gasteiger partial charge in [-0.05, 0) is 0 Å². The van der Waals surface area contributed by atoms with Crippen LogP contribution in [0.1, 0.15) is 0 Å². The van der Waals surface area contributed by atoms with Crippen LogP contribution in [-0.4, -0.2) is 68.9 Å². The summed E-state index contributed by atoms with van der Waals surface area (Å²) in [6.07, 6.45) is -7.23. The van der Waals surface area contributed by atoms with Gasteiger partial charge in [-0.3, -0.25) is 4.79 Å². The zero-order valence-corrected chi connectivity index (χ0v) is 7.85. The van der Waals surface area contributed by atoms with Crippen molar-refractivity contribution in [2.45, 2.75) is 24.4 Å². The summed E-state index contributed by atoms with van der Waals surface area (Å²) in [4.78, 5) is 15.1. The van der Waals surface area contributed by atoms with Crippen LogP contribution in [-0.2, 0) is 9.63 Å². The Hall–Kier alpha value is -0.610. The van der Waals surface area contributed by atoms with Crippen LogP contribution in [0.3, 0.4) is 0 Å². The number of nitrogens with two attached hydrogens (primary N) is 1. The summed E-state index contributed by atoms with van der Waals surface area (Å²) < 4.78 is 0. The molecule has 0 rings (SSSR count). The molecular weight excluding hydrogens is 210 g/mol. The third-order valence-electron chi connectivity index (χ3n) is 1.77. The fourth-order valence-electron chi connectivity index (χ4n) is 0.844. The van der Waals surface area contributed by atoms with Crippen molar-refractivity contribution in [3.8, 4) is 0 Å². The normalized spacial score (nSPS) is 19.3. The highest BCUT2D eigenvalue weighted by Gasteiger charge is 2.33. The standard InChI is InChI=1S/C7H15NO7/c8-15-2-4(11)6(13)7(14)5(12)3(10)1-9/h3-6,9-13H,1-2,8H2/t3-,4?,5+,6+/m1/s1. The van der Waals surface area contributed by atoms with Gasteiger partial charge < -0.3 is 30.4 Å². The Balaban J connectivity index is 4.30. The van der Waals surface area contributed by atoms with E-state index in [1.54, 1.807) is 0 Å². The summed E-state index contributed by atoms with van der Waals surface area (Å²) in [5, 5.41) is 44.6. The highest BCUT2D eigenvalue weighted by atomic mass is 16.6. The molecule has 1 unspecified atom stereocenters. The summed E-state index contributed by atoms with van der Waals surface area (Å²) in [6.45, 7) is -1.35. The molecule has 8 nitrogen and oxygen atoms in total. The second-order valence-corrected chi connectivity index (χ2v) is 2.94. The van der Waals surface area contributed by atoms with Gasteiger partial charge in [0.25, 0.3) is 0 Å². The second kappa shape index (κ2) is 6.80. The van der Waals surface area contributed by atoms with Crippen molar-refractivity contribution in [2.75, 3.05) is 13.2 Å². The monoisotopic (exact) mass is 225 g/mol. The van der Waals surface area contributed by atoms with Crippen molar-refractivity contribution in [1.82, 2.24) is 0 Å². The minimum absolute atomic E-state index is 0.505. The number of hydrogen-bond acceptors (Lipinski definition) is 8. The fraction of sp³-hybridized carbons (Fsp3) is 0.857. The Labute approximate surface area is 85.5 Å². The maximum atomic E-state index is 11.1. The van der Waals surface area contributed by atoms with Gasteiger partial charge in [0.05, 0.1) is 13.2 Å². The average Bonchev–Trinajstić information content (AvgIpc) is 2.25. The first-order chi connectivity index (χ1) is 6.95. The lowest BCUT2D eigenvalue weighted by Gasteiger charge is -2.20. The maximum Gasteiger partial charge on any atom is 0.195 e.